The van der Waals surface area contributed by atoms with Crippen LogP contribution in [-0.4, -0.2) is 75.5 Å². The lowest BCUT2D eigenvalue weighted by molar-refractivity contribution is 0.0980. The number of amides is 3. The van der Waals surface area contributed by atoms with Gasteiger partial charge in [-0.3, -0.25) is 4.79 Å². The van der Waals surface area contributed by atoms with E-state index < -0.39 is 0 Å². The Hall–Kier alpha value is -4.50. The highest BCUT2D eigenvalue weighted by atomic mass is 16.3. The maximum absolute atomic E-state index is 13.7. The molecule has 1 fully saturated rings. The molecule has 9 nitrogen and oxygen atoms in total. The molecule has 3 aliphatic rings. The van der Waals surface area contributed by atoms with Crippen LogP contribution in [0.2, 0.25) is 0 Å². The first-order valence-corrected chi connectivity index (χ1v) is 14.6. The number of hydrogen-bond acceptors (Lipinski definition) is 5. The predicted octanol–water partition coefficient (Wildman–Crippen LogP) is 4.97. The van der Waals surface area contributed by atoms with Crippen molar-refractivity contribution in [3.8, 4) is 11.3 Å². The number of aliphatic hydroxyl groups is 1. The van der Waals surface area contributed by atoms with Crippen molar-refractivity contribution in [3.63, 3.8) is 0 Å². The number of benzene rings is 2. The molecule has 42 heavy (non-hydrogen) atoms. The highest BCUT2D eigenvalue weighted by Crippen LogP contribution is 2.42. The third-order valence-corrected chi connectivity index (χ3v) is 8.75. The number of aromatic amines is 1. The maximum atomic E-state index is 13.7. The zero-order valence-electron chi connectivity index (χ0n) is 23.9. The van der Waals surface area contributed by atoms with Crippen molar-refractivity contribution in [2.24, 2.45) is 0 Å². The van der Waals surface area contributed by atoms with Gasteiger partial charge in [-0.1, -0.05) is 30.3 Å². The number of anilines is 1. The molecule has 0 unspecified atom stereocenters. The van der Waals surface area contributed by atoms with E-state index in [1.54, 1.807) is 23.9 Å². The average Bonchev–Trinajstić information content (AvgIpc) is 3.78. The Balaban J connectivity index is 1.22. The number of hydrogen-bond donors (Lipinski definition) is 2. The second-order valence-corrected chi connectivity index (χ2v) is 11.6. The molecular formula is C33H34N6O3. The summed E-state index contributed by atoms with van der Waals surface area (Å²) >= 11 is 0. The molecule has 2 aromatic heterocycles. The number of fused-ring (bicyclic) bond motifs is 2. The molecule has 4 aromatic rings. The summed E-state index contributed by atoms with van der Waals surface area (Å²) in [5.74, 6) is 0.615. The van der Waals surface area contributed by atoms with Crippen LogP contribution in [0.15, 0.2) is 54.9 Å². The third kappa shape index (κ3) is 4.54. The van der Waals surface area contributed by atoms with E-state index in [0.29, 0.717) is 48.1 Å². The normalized spacial score (nSPS) is 16.9. The average molecular weight is 563 g/mol. The molecule has 3 amide bonds. The van der Waals surface area contributed by atoms with E-state index in [2.05, 4.69) is 33.2 Å². The standard InChI is InChI=1S/C33H34N6O3/c1-37(2)33(42)38-13-10-21(11-14-38)28-17-26-30(34-19-35-31(26)36-28)25-4-3-5-29(27(25)18-40)39-15-12-23-16-22(20-6-7-20)8-9-24(23)32(39)41/h3-5,8-10,16-17,19-20,40H,6-7,11-15,18H2,1-2H3,(H,34,35,36). The van der Waals surface area contributed by atoms with Crippen LogP contribution >= 0.6 is 0 Å². The van der Waals surface area contributed by atoms with Gasteiger partial charge < -0.3 is 24.8 Å². The fourth-order valence-corrected chi connectivity index (χ4v) is 6.32. The maximum Gasteiger partial charge on any atom is 0.319 e. The Morgan fingerprint density at radius 2 is 1.93 bits per heavy atom. The number of aromatic nitrogens is 3. The molecule has 2 aromatic carbocycles. The summed E-state index contributed by atoms with van der Waals surface area (Å²) < 4.78 is 0. The molecule has 0 radical (unpaired) electrons. The van der Waals surface area contributed by atoms with E-state index in [-0.39, 0.29) is 18.5 Å². The van der Waals surface area contributed by atoms with Crippen molar-refractivity contribution >= 4 is 34.2 Å². The van der Waals surface area contributed by atoms with Crippen LogP contribution in [0.1, 0.15) is 57.9 Å². The molecule has 214 valence electrons. The highest BCUT2D eigenvalue weighted by Gasteiger charge is 2.31. The summed E-state index contributed by atoms with van der Waals surface area (Å²) in [4.78, 5) is 43.8. The molecule has 0 saturated heterocycles. The summed E-state index contributed by atoms with van der Waals surface area (Å²) in [5.41, 5.74) is 8.82. The minimum Gasteiger partial charge on any atom is -0.392 e. The Morgan fingerprint density at radius 1 is 1.07 bits per heavy atom. The molecule has 2 N–H and O–H groups in total. The minimum absolute atomic E-state index is 0.00481. The van der Waals surface area contributed by atoms with Crippen LogP contribution in [-0.2, 0) is 13.0 Å². The quantitative estimate of drug-likeness (QED) is 0.357. The fraction of sp³-hybridized carbons (Fsp3) is 0.333. The second-order valence-electron chi connectivity index (χ2n) is 11.6. The summed E-state index contributed by atoms with van der Waals surface area (Å²) in [7, 11) is 3.53. The molecule has 1 aliphatic carbocycles. The van der Waals surface area contributed by atoms with Crippen LogP contribution in [0.25, 0.3) is 27.9 Å². The first-order valence-electron chi connectivity index (χ1n) is 14.6. The van der Waals surface area contributed by atoms with Gasteiger partial charge in [0.2, 0.25) is 0 Å². The van der Waals surface area contributed by atoms with Gasteiger partial charge in [0.25, 0.3) is 5.91 Å². The summed E-state index contributed by atoms with van der Waals surface area (Å²) in [6.45, 7) is 1.52. The lowest BCUT2D eigenvalue weighted by atomic mass is 9.93. The lowest BCUT2D eigenvalue weighted by Crippen LogP contribution is -2.41. The topological polar surface area (TPSA) is 106 Å². The van der Waals surface area contributed by atoms with Gasteiger partial charge in [0.1, 0.15) is 12.0 Å². The van der Waals surface area contributed by atoms with Gasteiger partial charge in [-0.2, -0.15) is 0 Å². The summed E-state index contributed by atoms with van der Waals surface area (Å²) in [6.07, 6.45) is 7.58. The SMILES string of the molecule is CN(C)C(=O)N1CC=C(c2cc3c(-c4cccc(N5CCc6cc(C7CC7)ccc6C5=O)c4CO)ncnc3[nH]2)CC1. The number of aliphatic hydroxyl groups excluding tert-OH is 1. The van der Waals surface area contributed by atoms with E-state index in [4.69, 9.17) is 0 Å². The molecule has 0 atom stereocenters. The van der Waals surface area contributed by atoms with Crippen LogP contribution in [0.3, 0.4) is 0 Å². The van der Waals surface area contributed by atoms with E-state index in [9.17, 15) is 14.7 Å². The van der Waals surface area contributed by atoms with Crippen molar-refractivity contribution in [1.29, 1.82) is 0 Å². The lowest BCUT2D eigenvalue weighted by Gasteiger charge is -2.31. The predicted molar refractivity (Wildman–Crippen MR) is 162 cm³/mol. The first kappa shape index (κ1) is 26.4. The Bertz CT molecular complexity index is 1750. The van der Waals surface area contributed by atoms with Gasteiger partial charge in [0, 0.05) is 61.5 Å². The van der Waals surface area contributed by atoms with Gasteiger partial charge in [0.15, 0.2) is 0 Å². The van der Waals surface area contributed by atoms with Gasteiger partial charge in [-0.05, 0) is 66.5 Å². The van der Waals surface area contributed by atoms with Crippen molar-refractivity contribution < 1.29 is 14.7 Å². The van der Waals surface area contributed by atoms with Crippen molar-refractivity contribution in [1.82, 2.24) is 24.8 Å². The van der Waals surface area contributed by atoms with Gasteiger partial charge in [-0.15, -0.1) is 0 Å². The van der Waals surface area contributed by atoms with Gasteiger partial charge in [-0.25, -0.2) is 14.8 Å². The second kappa shape index (κ2) is 10.4. The van der Waals surface area contributed by atoms with Crippen LogP contribution in [0.4, 0.5) is 10.5 Å². The number of carbonyl (C=O) groups is 2. The Labute approximate surface area is 244 Å². The number of urea groups is 1. The molecular weight excluding hydrogens is 528 g/mol. The van der Waals surface area contributed by atoms with E-state index in [1.165, 1.54) is 24.7 Å². The molecule has 4 heterocycles. The smallest absolute Gasteiger partial charge is 0.319 e. The van der Waals surface area contributed by atoms with Crippen LogP contribution in [0, 0.1) is 0 Å². The van der Waals surface area contributed by atoms with Crippen molar-refractivity contribution in [3.05, 3.63) is 82.8 Å². The molecule has 7 rings (SSSR count). The van der Waals surface area contributed by atoms with Crippen molar-refractivity contribution in [2.75, 3.05) is 38.6 Å². The molecule has 2 aliphatic heterocycles. The summed E-state index contributed by atoms with van der Waals surface area (Å²) in [5, 5.41) is 11.5. The number of nitrogens with one attached hydrogen (secondary N) is 1. The highest BCUT2D eigenvalue weighted by molar-refractivity contribution is 6.09. The number of nitrogens with zero attached hydrogens (tertiary/aromatic N) is 5. The number of H-pyrrole nitrogens is 1. The van der Waals surface area contributed by atoms with E-state index in [1.807, 2.05) is 35.2 Å². The molecule has 9 heteroatoms. The van der Waals surface area contributed by atoms with Crippen LogP contribution < -0.4 is 4.90 Å². The van der Waals surface area contributed by atoms with Crippen LogP contribution in [0.5, 0.6) is 0 Å². The molecule has 0 bridgehead atoms. The van der Waals surface area contributed by atoms with E-state index in [0.717, 1.165) is 46.2 Å². The Kier molecular flexibility index (Phi) is 6.54. The molecule has 0 spiro atoms. The monoisotopic (exact) mass is 562 g/mol. The molecule has 1 saturated carbocycles. The number of rotatable bonds is 5. The third-order valence-electron chi connectivity index (χ3n) is 8.75. The zero-order valence-corrected chi connectivity index (χ0v) is 23.9. The zero-order chi connectivity index (χ0) is 29.0. The van der Waals surface area contributed by atoms with Gasteiger partial charge >= 0.3 is 6.03 Å². The minimum atomic E-state index is -0.230. The summed E-state index contributed by atoms with van der Waals surface area (Å²) in [6, 6.07) is 14.1. The van der Waals surface area contributed by atoms with Crippen molar-refractivity contribution in [2.45, 2.75) is 38.2 Å². The van der Waals surface area contributed by atoms with E-state index >= 15 is 0 Å². The fourth-order valence-electron chi connectivity index (χ4n) is 6.32. The Morgan fingerprint density at radius 3 is 2.67 bits per heavy atom. The van der Waals surface area contributed by atoms with Gasteiger partial charge in [0.05, 0.1) is 18.0 Å². The number of carbonyl (C=O) groups excluding carboxylic acids is 2. The largest absolute Gasteiger partial charge is 0.392 e. The first-order chi connectivity index (χ1) is 20.4.